The van der Waals surface area contributed by atoms with Crippen LogP contribution in [0.1, 0.15) is 81.4 Å². The van der Waals surface area contributed by atoms with E-state index in [0.29, 0.717) is 5.39 Å². The Bertz CT molecular complexity index is 1290. The third-order valence-corrected chi connectivity index (χ3v) is 7.54. The van der Waals surface area contributed by atoms with E-state index < -0.39 is 23.7 Å². The van der Waals surface area contributed by atoms with Crippen LogP contribution in [0.3, 0.4) is 0 Å². The molecule has 1 aliphatic rings. The summed E-state index contributed by atoms with van der Waals surface area (Å²) in [4.78, 5) is 0. The molecule has 0 amide bonds. The fourth-order valence-electron chi connectivity index (χ4n) is 5.38. The summed E-state index contributed by atoms with van der Waals surface area (Å²) in [7, 11) is 0. The molecule has 3 aromatic carbocycles. The quantitative estimate of drug-likeness (QED) is 0.161. The number of benzene rings is 3. The maximum atomic E-state index is 15.1. The largest absolute Gasteiger partial charge is 0.573 e. The molecule has 0 N–H and O–H groups in total. The maximum absolute atomic E-state index is 15.1. The number of fused-ring (bicyclic) bond motifs is 1. The summed E-state index contributed by atoms with van der Waals surface area (Å²) in [6.07, 6.45) is 7.81. The van der Waals surface area contributed by atoms with Gasteiger partial charge in [0.2, 0.25) is 0 Å². The van der Waals surface area contributed by atoms with E-state index in [4.69, 9.17) is 0 Å². The van der Waals surface area contributed by atoms with Crippen LogP contribution in [0.2, 0.25) is 0 Å². The predicted molar refractivity (Wildman–Crippen MR) is 141 cm³/mol. The van der Waals surface area contributed by atoms with Crippen molar-refractivity contribution in [2.24, 2.45) is 11.8 Å². The molecule has 0 unspecified atom stereocenters. The van der Waals surface area contributed by atoms with Crippen LogP contribution in [-0.2, 0) is 6.42 Å². The standard InChI is InChI=1S/C32H33F5O/c1-2-3-4-5-22-6-8-23(9-7-22)10-11-24-13-18-28-27(20-24)17-16-26(31(28)34)15-12-25-14-19-30(29(33)21-25)38-32(35,36)37/h13-14,16-23H,2-11H2,1H3. The summed E-state index contributed by atoms with van der Waals surface area (Å²) in [5.74, 6) is 4.34. The molecule has 0 atom stereocenters. The number of aryl methyl sites for hydroxylation is 1. The molecule has 0 bridgehead atoms. The average molecular weight is 529 g/mol. The molecule has 0 heterocycles. The van der Waals surface area contributed by atoms with Gasteiger partial charge in [-0.2, -0.15) is 0 Å². The molecule has 1 nitrogen and oxygen atoms in total. The van der Waals surface area contributed by atoms with E-state index in [9.17, 15) is 17.6 Å². The van der Waals surface area contributed by atoms with Crippen LogP contribution in [0.5, 0.6) is 5.75 Å². The minimum atomic E-state index is -4.99. The number of hydrogen-bond donors (Lipinski definition) is 0. The molecule has 6 heteroatoms. The summed E-state index contributed by atoms with van der Waals surface area (Å²) in [5.41, 5.74) is 1.44. The maximum Gasteiger partial charge on any atom is 0.573 e. The summed E-state index contributed by atoms with van der Waals surface area (Å²) < 4.78 is 69.6. The van der Waals surface area contributed by atoms with Crippen molar-refractivity contribution in [1.82, 2.24) is 0 Å². The average Bonchev–Trinajstić information content (AvgIpc) is 2.89. The molecule has 4 rings (SSSR count). The summed E-state index contributed by atoms with van der Waals surface area (Å²) in [6.45, 7) is 2.25. The van der Waals surface area contributed by atoms with Gasteiger partial charge in [0.1, 0.15) is 5.82 Å². The first kappa shape index (κ1) is 28.0. The highest BCUT2D eigenvalue weighted by molar-refractivity contribution is 5.85. The topological polar surface area (TPSA) is 9.23 Å². The number of alkyl halides is 3. The molecule has 1 aliphatic carbocycles. The molecular weight excluding hydrogens is 495 g/mol. The number of ether oxygens (including phenoxy) is 1. The molecular formula is C32H33F5O. The molecule has 0 aromatic heterocycles. The second-order valence-electron chi connectivity index (χ2n) is 10.3. The third-order valence-electron chi connectivity index (χ3n) is 7.54. The lowest BCUT2D eigenvalue weighted by Gasteiger charge is -2.28. The normalized spacial score (nSPS) is 17.7. The van der Waals surface area contributed by atoms with Crippen molar-refractivity contribution in [2.45, 2.75) is 77.5 Å². The van der Waals surface area contributed by atoms with Gasteiger partial charge in [0, 0.05) is 10.9 Å². The summed E-state index contributed by atoms with van der Waals surface area (Å²) in [5, 5.41) is 1.25. The number of rotatable bonds is 8. The molecule has 0 spiro atoms. The molecule has 0 radical (unpaired) electrons. The second kappa shape index (κ2) is 12.7. The zero-order valence-electron chi connectivity index (χ0n) is 21.6. The van der Waals surface area contributed by atoms with Crippen LogP contribution in [0.4, 0.5) is 22.0 Å². The Morgan fingerprint density at radius 3 is 2.26 bits per heavy atom. The van der Waals surface area contributed by atoms with E-state index >= 15 is 4.39 Å². The Kier molecular flexibility index (Phi) is 9.31. The van der Waals surface area contributed by atoms with Crippen LogP contribution < -0.4 is 4.74 Å². The zero-order chi connectivity index (χ0) is 27.1. The highest BCUT2D eigenvalue weighted by atomic mass is 19.4. The van der Waals surface area contributed by atoms with E-state index in [1.807, 2.05) is 18.2 Å². The molecule has 0 aliphatic heterocycles. The molecule has 202 valence electrons. The highest BCUT2D eigenvalue weighted by Gasteiger charge is 2.32. The molecule has 1 saturated carbocycles. The van der Waals surface area contributed by atoms with Crippen LogP contribution >= 0.6 is 0 Å². The first-order chi connectivity index (χ1) is 18.2. The zero-order valence-corrected chi connectivity index (χ0v) is 21.6. The van der Waals surface area contributed by atoms with Crippen LogP contribution in [-0.4, -0.2) is 6.36 Å². The number of hydrogen-bond acceptors (Lipinski definition) is 1. The lowest BCUT2D eigenvalue weighted by molar-refractivity contribution is -0.275. The van der Waals surface area contributed by atoms with Crippen molar-refractivity contribution in [3.8, 4) is 17.6 Å². The van der Waals surface area contributed by atoms with Gasteiger partial charge in [0.05, 0.1) is 5.56 Å². The number of unbranched alkanes of at least 4 members (excludes halogenated alkanes) is 2. The Balaban J connectivity index is 1.37. The first-order valence-electron chi connectivity index (χ1n) is 13.5. The van der Waals surface area contributed by atoms with Crippen molar-refractivity contribution < 1.29 is 26.7 Å². The van der Waals surface area contributed by atoms with Gasteiger partial charge in [0.15, 0.2) is 11.6 Å². The molecule has 0 saturated heterocycles. The van der Waals surface area contributed by atoms with Crippen molar-refractivity contribution >= 4 is 10.8 Å². The summed E-state index contributed by atoms with van der Waals surface area (Å²) in [6, 6.07) is 12.0. The van der Waals surface area contributed by atoms with Gasteiger partial charge < -0.3 is 4.74 Å². The SMILES string of the molecule is CCCCCC1CCC(CCc2ccc3c(F)c(C#Cc4ccc(OC(F)(F)F)c(F)c4)ccc3c2)CC1. The van der Waals surface area contributed by atoms with Crippen LogP contribution in [0.15, 0.2) is 48.5 Å². The van der Waals surface area contributed by atoms with Gasteiger partial charge in [-0.25, -0.2) is 8.78 Å². The lowest BCUT2D eigenvalue weighted by atomic mass is 9.77. The Hall–Kier alpha value is -3.07. The highest BCUT2D eigenvalue weighted by Crippen LogP contribution is 2.34. The van der Waals surface area contributed by atoms with Gasteiger partial charge in [-0.1, -0.05) is 94.4 Å². The Labute approximate surface area is 221 Å². The minimum absolute atomic E-state index is 0.113. The minimum Gasteiger partial charge on any atom is -0.403 e. The van der Waals surface area contributed by atoms with E-state index in [1.54, 1.807) is 12.1 Å². The van der Waals surface area contributed by atoms with Crippen LogP contribution in [0, 0.1) is 35.3 Å². The first-order valence-corrected chi connectivity index (χ1v) is 13.5. The fraction of sp³-hybridized carbons (Fsp3) is 0.438. The fourth-order valence-corrected chi connectivity index (χ4v) is 5.38. The van der Waals surface area contributed by atoms with Gasteiger partial charge in [0.25, 0.3) is 0 Å². The van der Waals surface area contributed by atoms with E-state index in [0.717, 1.165) is 42.2 Å². The molecule has 1 fully saturated rings. The summed E-state index contributed by atoms with van der Waals surface area (Å²) >= 11 is 0. The van der Waals surface area contributed by atoms with E-state index in [2.05, 4.69) is 23.5 Å². The van der Waals surface area contributed by atoms with E-state index in [-0.39, 0.29) is 11.1 Å². The number of halogens is 5. The van der Waals surface area contributed by atoms with Gasteiger partial charge in [-0.15, -0.1) is 13.2 Å². The van der Waals surface area contributed by atoms with Gasteiger partial charge in [-0.3, -0.25) is 0 Å². The van der Waals surface area contributed by atoms with Crippen molar-refractivity contribution in [3.05, 3.63) is 76.9 Å². The Morgan fingerprint density at radius 1 is 0.842 bits per heavy atom. The van der Waals surface area contributed by atoms with Gasteiger partial charge >= 0.3 is 6.36 Å². The monoisotopic (exact) mass is 528 g/mol. The predicted octanol–water partition coefficient (Wildman–Crippen LogP) is 9.74. The molecule has 3 aromatic rings. The van der Waals surface area contributed by atoms with Gasteiger partial charge in [-0.05, 0) is 59.9 Å². The Morgan fingerprint density at radius 2 is 1.58 bits per heavy atom. The molecule has 38 heavy (non-hydrogen) atoms. The van der Waals surface area contributed by atoms with Crippen molar-refractivity contribution in [1.29, 1.82) is 0 Å². The lowest BCUT2D eigenvalue weighted by Crippen LogP contribution is -2.17. The van der Waals surface area contributed by atoms with Crippen molar-refractivity contribution in [3.63, 3.8) is 0 Å². The van der Waals surface area contributed by atoms with Crippen LogP contribution in [0.25, 0.3) is 10.8 Å². The smallest absolute Gasteiger partial charge is 0.403 e. The van der Waals surface area contributed by atoms with Crippen molar-refractivity contribution in [2.75, 3.05) is 0 Å². The third kappa shape index (κ3) is 7.72. The second-order valence-corrected chi connectivity index (χ2v) is 10.3. The van der Waals surface area contributed by atoms with E-state index in [1.165, 1.54) is 63.0 Å².